The van der Waals surface area contributed by atoms with E-state index in [-0.39, 0.29) is 59.1 Å². The molecule has 262 valence electrons. The van der Waals surface area contributed by atoms with Crippen LogP contribution in [0.4, 0.5) is 13.2 Å². The number of hydrogen-bond acceptors (Lipinski definition) is 6. The third-order valence-electron chi connectivity index (χ3n) is 9.41. The van der Waals surface area contributed by atoms with E-state index >= 15 is 8.78 Å². The number of aliphatic hydroxyl groups is 2. The summed E-state index contributed by atoms with van der Waals surface area (Å²) >= 11 is 0. The second kappa shape index (κ2) is 18.0. The van der Waals surface area contributed by atoms with E-state index in [0.717, 1.165) is 24.8 Å². The van der Waals surface area contributed by atoms with Crippen molar-refractivity contribution in [1.82, 2.24) is 0 Å². The van der Waals surface area contributed by atoms with Crippen molar-refractivity contribution in [3.8, 4) is 22.3 Å². The Hall–Kier alpha value is -4.21. The molecule has 3 aromatic carbocycles. The van der Waals surface area contributed by atoms with Gasteiger partial charge in [-0.05, 0) is 90.8 Å². The summed E-state index contributed by atoms with van der Waals surface area (Å²) in [7, 11) is 0. The molecule has 2 N–H and O–H groups in total. The van der Waals surface area contributed by atoms with Gasteiger partial charge >= 0.3 is 11.9 Å². The average molecular weight is 679 g/mol. The summed E-state index contributed by atoms with van der Waals surface area (Å²) in [6.07, 6.45) is 6.42. The maximum atomic E-state index is 15.5. The molecule has 0 saturated heterocycles. The highest BCUT2D eigenvalue weighted by Crippen LogP contribution is 2.40. The minimum Gasteiger partial charge on any atom is -0.462 e. The molecule has 1 saturated carbocycles. The molecule has 0 aliphatic heterocycles. The van der Waals surface area contributed by atoms with Crippen molar-refractivity contribution in [3.05, 3.63) is 107 Å². The van der Waals surface area contributed by atoms with Crippen LogP contribution in [0.25, 0.3) is 22.3 Å². The summed E-state index contributed by atoms with van der Waals surface area (Å²) in [5, 5.41) is 18.3. The number of rotatable bonds is 16. The predicted molar refractivity (Wildman–Crippen MR) is 183 cm³/mol. The topological polar surface area (TPSA) is 93.1 Å². The normalized spacial score (nSPS) is 16.0. The fraction of sp³-hybridized carbons (Fsp3) is 0.400. The zero-order valence-electron chi connectivity index (χ0n) is 28.0. The Morgan fingerprint density at radius 3 is 1.80 bits per heavy atom. The van der Waals surface area contributed by atoms with Crippen LogP contribution < -0.4 is 0 Å². The smallest absolute Gasteiger partial charge is 0.335 e. The molecule has 4 rings (SSSR count). The third kappa shape index (κ3) is 9.92. The molecular weight excluding hydrogens is 633 g/mol. The minimum absolute atomic E-state index is 0.0259. The van der Waals surface area contributed by atoms with Gasteiger partial charge in [0, 0.05) is 17.0 Å². The largest absolute Gasteiger partial charge is 0.462 e. The molecule has 9 heteroatoms. The number of esters is 2. The molecule has 3 aromatic rings. The molecule has 49 heavy (non-hydrogen) atoms. The molecular formula is C40H45F3O6. The van der Waals surface area contributed by atoms with Crippen LogP contribution in [0.5, 0.6) is 0 Å². The zero-order valence-corrected chi connectivity index (χ0v) is 28.0. The summed E-state index contributed by atoms with van der Waals surface area (Å²) in [5.74, 6) is -3.13. The molecule has 0 heterocycles. The van der Waals surface area contributed by atoms with Crippen LogP contribution in [0.3, 0.4) is 0 Å². The first-order chi connectivity index (χ1) is 23.6. The molecule has 1 aliphatic carbocycles. The third-order valence-corrected chi connectivity index (χ3v) is 9.41. The highest BCUT2D eigenvalue weighted by atomic mass is 19.1. The number of carbonyl (C=O) groups excluding carboxylic acids is 2. The number of aryl methyl sites for hydroxylation is 1. The first kappa shape index (κ1) is 37.6. The van der Waals surface area contributed by atoms with Crippen LogP contribution in [-0.4, -0.2) is 48.6 Å². The Morgan fingerprint density at radius 2 is 1.29 bits per heavy atom. The first-order valence-corrected chi connectivity index (χ1v) is 16.9. The fourth-order valence-corrected chi connectivity index (χ4v) is 6.36. The van der Waals surface area contributed by atoms with Crippen molar-refractivity contribution >= 4 is 11.9 Å². The van der Waals surface area contributed by atoms with Crippen LogP contribution >= 0.6 is 0 Å². The number of ether oxygens (including phenoxy) is 2. The van der Waals surface area contributed by atoms with Gasteiger partial charge in [-0.3, -0.25) is 0 Å². The van der Waals surface area contributed by atoms with Gasteiger partial charge in [-0.2, -0.15) is 0 Å². The lowest BCUT2D eigenvalue weighted by molar-refractivity contribution is -0.146. The maximum Gasteiger partial charge on any atom is 0.335 e. The molecule has 1 fully saturated rings. The van der Waals surface area contributed by atoms with Gasteiger partial charge < -0.3 is 19.7 Å². The van der Waals surface area contributed by atoms with Gasteiger partial charge in [0.05, 0.1) is 37.6 Å². The Morgan fingerprint density at radius 1 is 0.755 bits per heavy atom. The van der Waals surface area contributed by atoms with E-state index in [1.165, 1.54) is 18.2 Å². The number of aliphatic hydroxyl groups excluding tert-OH is 2. The molecule has 0 atom stereocenters. The van der Waals surface area contributed by atoms with Crippen molar-refractivity contribution in [2.24, 2.45) is 11.8 Å². The molecule has 6 nitrogen and oxygen atoms in total. The van der Waals surface area contributed by atoms with Gasteiger partial charge in [0.25, 0.3) is 0 Å². The van der Waals surface area contributed by atoms with Crippen LogP contribution in [-0.2, 0) is 25.5 Å². The van der Waals surface area contributed by atoms with Gasteiger partial charge in [-0.1, -0.05) is 69.3 Å². The van der Waals surface area contributed by atoms with Crippen molar-refractivity contribution in [2.75, 3.05) is 26.4 Å². The quantitative estimate of drug-likeness (QED) is 0.0901. The molecule has 0 unspecified atom stereocenters. The Labute approximate surface area is 286 Å². The van der Waals surface area contributed by atoms with Gasteiger partial charge in [-0.25, -0.2) is 22.8 Å². The number of unbranched alkanes of at least 4 members (excludes halogenated alkanes) is 2. The van der Waals surface area contributed by atoms with Crippen molar-refractivity contribution in [3.63, 3.8) is 0 Å². The van der Waals surface area contributed by atoms with Crippen molar-refractivity contribution in [1.29, 1.82) is 0 Å². The van der Waals surface area contributed by atoms with Gasteiger partial charge in [0.2, 0.25) is 0 Å². The van der Waals surface area contributed by atoms with Gasteiger partial charge in [0.1, 0.15) is 17.5 Å². The van der Waals surface area contributed by atoms with E-state index in [4.69, 9.17) is 9.47 Å². The number of benzene rings is 3. The Balaban J connectivity index is 1.41. The summed E-state index contributed by atoms with van der Waals surface area (Å²) in [5.41, 5.74) is 2.57. The van der Waals surface area contributed by atoms with E-state index < -0.39 is 36.8 Å². The Bertz CT molecular complexity index is 1610. The van der Waals surface area contributed by atoms with Crippen LogP contribution in [0, 0.1) is 29.3 Å². The molecule has 0 bridgehead atoms. The lowest BCUT2D eigenvalue weighted by Gasteiger charge is -2.33. The second-order valence-corrected chi connectivity index (χ2v) is 12.8. The van der Waals surface area contributed by atoms with Gasteiger partial charge in [0.15, 0.2) is 0 Å². The molecule has 0 aromatic heterocycles. The first-order valence-electron chi connectivity index (χ1n) is 16.9. The number of carbonyl (C=O) groups is 2. The second-order valence-electron chi connectivity index (χ2n) is 12.8. The van der Waals surface area contributed by atoms with Crippen LogP contribution in [0.1, 0.15) is 68.9 Å². The van der Waals surface area contributed by atoms with Crippen LogP contribution in [0.2, 0.25) is 0 Å². The standard InChI is InChI=1S/C40H45F3O6/c1-4-5-6-7-29-12-13-31(19-36(29)41)35-17-15-32(20-38(35)43)34-16-14-30(18-37(34)42)27-8-10-28(11-9-27)33(23-48-39(46)25(2)21-44)24-49-40(47)26(3)22-45/h12-20,27-28,33,44-45H,2-11,21-24H2,1H3. The summed E-state index contributed by atoms with van der Waals surface area (Å²) < 4.78 is 56.2. The Kier molecular flexibility index (Phi) is 13.8. The fourth-order valence-electron chi connectivity index (χ4n) is 6.36. The number of hydrogen-bond donors (Lipinski definition) is 2. The molecule has 1 aliphatic rings. The summed E-state index contributed by atoms with van der Waals surface area (Å²) in [6.45, 7) is 7.86. The minimum atomic E-state index is -0.738. The summed E-state index contributed by atoms with van der Waals surface area (Å²) in [6, 6.07) is 14.2. The average Bonchev–Trinajstić information content (AvgIpc) is 3.11. The molecule has 0 spiro atoms. The van der Waals surface area contributed by atoms with Crippen molar-refractivity contribution in [2.45, 2.75) is 64.2 Å². The van der Waals surface area contributed by atoms with E-state index in [0.29, 0.717) is 48.8 Å². The predicted octanol–water partition coefficient (Wildman–Crippen LogP) is 8.24. The van der Waals surface area contributed by atoms with E-state index in [9.17, 15) is 24.2 Å². The summed E-state index contributed by atoms with van der Waals surface area (Å²) in [4.78, 5) is 24.2. The monoisotopic (exact) mass is 678 g/mol. The maximum absolute atomic E-state index is 15.5. The molecule has 0 radical (unpaired) electrons. The number of halogens is 3. The van der Waals surface area contributed by atoms with Crippen molar-refractivity contribution < 1.29 is 42.4 Å². The molecule has 0 amide bonds. The highest BCUT2D eigenvalue weighted by molar-refractivity contribution is 5.88. The van der Waals surface area contributed by atoms with E-state index in [1.807, 2.05) is 6.07 Å². The van der Waals surface area contributed by atoms with Crippen LogP contribution in [0.15, 0.2) is 78.9 Å². The SMILES string of the molecule is C=C(CO)C(=O)OCC(COC(=O)C(=C)CO)C1CCC(c2ccc(-c3ccc(-c4ccc(CCCCC)c(F)c4)c(F)c3)c(F)c2)CC1. The lowest BCUT2D eigenvalue weighted by atomic mass is 9.74. The zero-order chi connectivity index (χ0) is 35.5. The van der Waals surface area contributed by atoms with Gasteiger partial charge in [-0.15, -0.1) is 0 Å². The van der Waals surface area contributed by atoms with E-state index in [2.05, 4.69) is 20.1 Å². The van der Waals surface area contributed by atoms with E-state index in [1.54, 1.807) is 30.3 Å². The lowest BCUT2D eigenvalue weighted by Crippen LogP contribution is -2.31. The highest BCUT2D eigenvalue weighted by Gasteiger charge is 2.31.